The molecule has 0 saturated heterocycles. The predicted octanol–water partition coefficient (Wildman–Crippen LogP) is 6.36. The summed E-state index contributed by atoms with van der Waals surface area (Å²) in [5.74, 6) is -2.31. The number of fused-ring (bicyclic) bond motifs is 1. The average Bonchev–Trinajstić information content (AvgIpc) is 3.41. The van der Waals surface area contributed by atoms with Crippen molar-refractivity contribution in [3.8, 4) is 22.6 Å². The molecule has 0 unspecified atom stereocenters. The first-order valence-electron chi connectivity index (χ1n) is 16.3. The SMILES string of the molecule is [2H]C([2H])(OC(=O)N1CCCOc2c(-c3cnn(Cc4c(F)cc(C(=O)NCCC(=O)O)cc4Cl)c3)cccc21)C([2H])([2H])Oc1cccc(Cl)c1C. The second-order valence-electron chi connectivity index (χ2n) is 10.3. The van der Waals surface area contributed by atoms with Crippen LogP contribution in [0.1, 0.15) is 39.8 Å². The van der Waals surface area contributed by atoms with Gasteiger partial charge in [0.1, 0.15) is 24.7 Å². The van der Waals surface area contributed by atoms with Crippen LogP contribution in [-0.4, -0.2) is 65.7 Å². The minimum Gasteiger partial charge on any atom is -0.491 e. The maximum atomic E-state index is 15.1. The smallest absolute Gasteiger partial charge is 0.414 e. The zero-order valence-corrected chi connectivity index (χ0v) is 26.4. The van der Waals surface area contributed by atoms with Crippen molar-refractivity contribution in [3.05, 3.63) is 93.5 Å². The van der Waals surface area contributed by atoms with E-state index in [1.54, 1.807) is 37.4 Å². The largest absolute Gasteiger partial charge is 0.491 e. The fraction of sp³-hybridized carbons (Fsp3) is 0.273. The van der Waals surface area contributed by atoms with Crippen molar-refractivity contribution in [2.24, 2.45) is 0 Å². The van der Waals surface area contributed by atoms with Gasteiger partial charge in [0, 0.05) is 57.1 Å². The van der Waals surface area contributed by atoms with E-state index in [0.717, 1.165) is 11.0 Å². The molecule has 1 aliphatic heterocycles. The first-order valence-corrected chi connectivity index (χ1v) is 15.0. The van der Waals surface area contributed by atoms with Crippen LogP contribution >= 0.6 is 23.2 Å². The minimum atomic E-state index is -3.25. The molecule has 14 heteroatoms. The number of carboxylic acid groups (broad SMARTS) is 1. The Hall–Kier alpha value is -4.81. The Labute approximate surface area is 285 Å². The lowest BCUT2D eigenvalue weighted by atomic mass is 10.1. The Morgan fingerprint density at radius 3 is 2.74 bits per heavy atom. The van der Waals surface area contributed by atoms with Crippen molar-refractivity contribution in [1.29, 1.82) is 0 Å². The lowest BCUT2D eigenvalue weighted by molar-refractivity contribution is -0.136. The molecule has 0 spiro atoms. The summed E-state index contributed by atoms with van der Waals surface area (Å²) < 4.78 is 66.2. The lowest BCUT2D eigenvalue weighted by Crippen LogP contribution is -2.33. The summed E-state index contributed by atoms with van der Waals surface area (Å²) in [6.07, 6.45) is 1.94. The summed E-state index contributed by atoms with van der Waals surface area (Å²) in [5.41, 5.74) is 1.60. The molecule has 2 heterocycles. The highest BCUT2D eigenvalue weighted by molar-refractivity contribution is 6.32. The molecule has 11 nitrogen and oxygen atoms in total. The van der Waals surface area contributed by atoms with Gasteiger partial charge in [0.2, 0.25) is 0 Å². The van der Waals surface area contributed by atoms with E-state index in [2.05, 4.69) is 10.4 Å². The zero-order valence-electron chi connectivity index (χ0n) is 28.9. The molecule has 4 aromatic rings. The summed E-state index contributed by atoms with van der Waals surface area (Å²) in [7, 11) is 0. The van der Waals surface area contributed by atoms with E-state index in [-0.39, 0.29) is 71.0 Å². The molecule has 246 valence electrons. The summed E-state index contributed by atoms with van der Waals surface area (Å²) in [5, 5.41) is 15.7. The number of halogens is 3. The number of aromatic nitrogens is 2. The number of hydrogen-bond acceptors (Lipinski definition) is 7. The fourth-order valence-electron chi connectivity index (χ4n) is 4.74. The van der Waals surface area contributed by atoms with Gasteiger partial charge in [0.05, 0.1) is 36.9 Å². The summed E-state index contributed by atoms with van der Waals surface area (Å²) >= 11 is 12.4. The van der Waals surface area contributed by atoms with E-state index in [4.69, 9.17) is 48.0 Å². The third-order valence-electron chi connectivity index (χ3n) is 7.13. The van der Waals surface area contributed by atoms with Gasteiger partial charge in [-0.3, -0.25) is 19.2 Å². The van der Waals surface area contributed by atoms with Gasteiger partial charge in [0.15, 0.2) is 5.75 Å². The highest BCUT2D eigenvalue weighted by Gasteiger charge is 2.26. The van der Waals surface area contributed by atoms with Gasteiger partial charge in [0.25, 0.3) is 5.91 Å². The predicted molar refractivity (Wildman–Crippen MR) is 173 cm³/mol. The van der Waals surface area contributed by atoms with Gasteiger partial charge in [-0.05, 0) is 43.7 Å². The number of ether oxygens (including phenoxy) is 3. The van der Waals surface area contributed by atoms with Crippen LogP contribution in [0.5, 0.6) is 11.5 Å². The van der Waals surface area contributed by atoms with E-state index in [0.29, 0.717) is 23.1 Å². The zero-order chi connectivity index (χ0) is 37.1. The van der Waals surface area contributed by atoms with E-state index < -0.39 is 36.9 Å². The van der Waals surface area contributed by atoms with Crippen LogP contribution in [0, 0.1) is 12.7 Å². The van der Waals surface area contributed by atoms with Crippen LogP contribution in [0.3, 0.4) is 0 Å². The van der Waals surface area contributed by atoms with Crippen LogP contribution in [0.25, 0.3) is 11.1 Å². The van der Waals surface area contributed by atoms with Gasteiger partial charge in [-0.15, -0.1) is 0 Å². The van der Waals surface area contributed by atoms with Crippen molar-refractivity contribution < 1.29 is 43.6 Å². The summed E-state index contributed by atoms with van der Waals surface area (Å²) in [6, 6.07) is 11.7. The number of aliphatic carboxylic acids is 1. The lowest BCUT2D eigenvalue weighted by Gasteiger charge is -2.22. The molecule has 3 aromatic carbocycles. The van der Waals surface area contributed by atoms with Crippen LogP contribution in [0.2, 0.25) is 10.0 Å². The monoisotopic (exact) mass is 688 g/mol. The van der Waals surface area contributed by atoms with Gasteiger partial charge in [-0.25, -0.2) is 9.18 Å². The standard InChI is InChI=1S/C33H31Cl2FN4O7/c1-20-25(34)6-3-8-29(20)45-13-14-47-33(44)40-11-4-12-46-31-23(5-2-7-28(31)40)22-17-38-39(18-22)19-24-26(35)15-21(16-27(24)36)32(43)37-10-9-30(41)42/h2-3,5-8,15-18H,4,9-14,19H2,1H3,(H,37,43)(H,41,42)/i13D2,14D2. The van der Waals surface area contributed by atoms with Crippen molar-refractivity contribution in [2.45, 2.75) is 26.3 Å². The quantitative estimate of drug-likeness (QED) is 0.186. The topological polar surface area (TPSA) is 132 Å². The Bertz CT molecular complexity index is 1960. The molecule has 1 aliphatic rings. The van der Waals surface area contributed by atoms with Crippen molar-refractivity contribution in [2.75, 3.05) is 37.7 Å². The van der Waals surface area contributed by atoms with E-state index >= 15 is 4.39 Å². The van der Waals surface area contributed by atoms with Crippen molar-refractivity contribution in [1.82, 2.24) is 15.1 Å². The third kappa shape index (κ3) is 8.13. The molecule has 0 radical (unpaired) electrons. The molecule has 2 amide bonds. The second-order valence-corrected chi connectivity index (χ2v) is 11.1. The highest BCUT2D eigenvalue weighted by Crippen LogP contribution is 2.40. The highest BCUT2D eigenvalue weighted by atomic mass is 35.5. The van der Waals surface area contributed by atoms with Gasteiger partial charge in [-0.2, -0.15) is 5.10 Å². The maximum absolute atomic E-state index is 15.1. The molecular weight excluding hydrogens is 654 g/mol. The number of anilines is 1. The number of carbonyl (C=O) groups is 3. The van der Waals surface area contributed by atoms with E-state index in [1.165, 1.54) is 29.1 Å². The first-order chi connectivity index (χ1) is 24.1. The van der Waals surface area contributed by atoms with Gasteiger partial charge < -0.3 is 24.6 Å². The number of rotatable bonds is 11. The Balaban J connectivity index is 1.34. The average molecular weight is 690 g/mol. The van der Waals surface area contributed by atoms with Crippen molar-refractivity contribution in [3.63, 3.8) is 0 Å². The number of benzene rings is 3. The molecule has 0 bridgehead atoms. The molecule has 1 aromatic heterocycles. The number of amides is 2. The third-order valence-corrected chi connectivity index (χ3v) is 7.88. The number of nitrogens with one attached hydrogen (secondary N) is 1. The number of para-hydroxylation sites is 1. The molecule has 2 N–H and O–H groups in total. The van der Waals surface area contributed by atoms with Crippen LogP contribution in [0.15, 0.2) is 60.9 Å². The molecule has 5 rings (SSSR count). The maximum Gasteiger partial charge on any atom is 0.414 e. The Morgan fingerprint density at radius 1 is 1.15 bits per heavy atom. The summed E-state index contributed by atoms with van der Waals surface area (Å²) in [6.45, 7) is -4.79. The Kier molecular flexibility index (Phi) is 9.18. The number of carbonyl (C=O) groups excluding carboxylic acids is 2. The van der Waals surface area contributed by atoms with Crippen LogP contribution in [0.4, 0.5) is 14.9 Å². The van der Waals surface area contributed by atoms with E-state index in [9.17, 15) is 14.4 Å². The van der Waals surface area contributed by atoms with Gasteiger partial charge in [-0.1, -0.05) is 41.4 Å². The van der Waals surface area contributed by atoms with Crippen molar-refractivity contribution >= 4 is 46.9 Å². The Morgan fingerprint density at radius 2 is 1.96 bits per heavy atom. The van der Waals surface area contributed by atoms with E-state index in [1.807, 2.05) is 0 Å². The first kappa shape index (κ1) is 28.4. The molecule has 0 fully saturated rings. The van der Waals surface area contributed by atoms with Crippen LogP contribution in [-0.2, 0) is 16.1 Å². The summed E-state index contributed by atoms with van der Waals surface area (Å²) in [4.78, 5) is 37.6. The molecule has 0 aliphatic carbocycles. The normalized spacial score (nSPS) is 14.3. The fourth-order valence-corrected chi connectivity index (χ4v) is 5.17. The molecular formula is C33H31Cl2FN4O7. The number of hydrogen-bond donors (Lipinski definition) is 2. The van der Waals surface area contributed by atoms with Crippen LogP contribution < -0.4 is 19.7 Å². The molecule has 0 atom stereocenters. The number of nitrogens with zero attached hydrogens (tertiary/aromatic N) is 3. The van der Waals surface area contributed by atoms with Gasteiger partial charge >= 0.3 is 12.1 Å². The molecule has 0 saturated carbocycles. The second kappa shape index (κ2) is 15.2. The molecule has 47 heavy (non-hydrogen) atoms. The number of carboxylic acids is 1. The minimum absolute atomic E-state index is 0.0227.